The maximum Gasteiger partial charge on any atom is 0.238 e. The fourth-order valence-electron chi connectivity index (χ4n) is 4.80. The van der Waals surface area contributed by atoms with Crippen LogP contribution in [0, 0.1) is 18.6 Å². The third-order valence-electron chi connectivity index (χ3n) is 6.87. The monoisotopic (exact) mass is 520 g/mol. The predicted molar refractivity (Wildman–Crippen MR) is 146 cm³/mol. The van der Waals surface area contributed by atoms with Crippen LogP contribution in [-0.4, -0.2) is 54.3 Å². The SMILES string of the molecule is CC(=O)N1CCCN(Cc2ccc(F)cc2)CCN(CC(=O)Nc2cccc(F)c2C)Cc2ccccc21. The summed E-state index contributed by atoms with van der Waals surface area (Å²) in [6.45, 7) is 7.02. The number of anilines is 2. The van der Waals surface area contributed by atoms with E-state index in [1.54, 1.807) is 43.0 Å². The van der Waals surface area contributed by atoms with E-state index in [9.17, 15) is 18.4 Å². The van der Waals surface area contributed by atoms with Crippen molar-refractivity contribution in [3.05, 3.63) is 95.1 Å². The Morgan fingerprint density at radius 3 is 2.37 bits per heavy atom. The molecule has 8 heteroatoms. The van der Waals surface area contributed by atoms with Gasteiger partial charge in [-0.05, 0) is 54.8 Å². The van der Waals surface area contributed by atoms with Crippen molar-refractivity contribution in [1.82, 2.24) is 9.80 Å². The second-order valence-corrected chi connectivity index (χ2v) is 9.73. The summed E-state index contributed by atoms with van der Waals surface area (Å²) in [7, 11) is 0. The third-order valence-corrected chi connectivity index (χ3v) is 6.87. The number of nitrogens with one attached hydrogen (secondary N) is 1. The Hall–Kier alpha value is -3.62. The minimum atomic E-state index is -0.368. The number of nitrogens with zero attached hydrogens (tertiary/aromatic N) is 3. The van der Waals surface area contributed by atoms with Crippen LogP contribution in [0.15, 0.2) is 66.7 Å². The van der Waals surface area contributed by atoms with E-state index in [0.717, 1.165) is 29.8 Å². The van der Waals surface area contributed by atoms with E-state index in [2.05, 4.69) is 10.2 Å². The molecule has 0 bridgehead atoms. The highest BCUT2D eigenvalue weighted by molar-refractivity contribution is 5.93. The van der Waals surface area contributed by atoms with Crippen LogP contribution in [0.5, 0.6) is 0 Å². The van der Waals surface area contributed by atoms with E-state index in [0.29, 0.717) is 44.0 Å². The second-order valence-electron chi connectivity index (χ2n) is 9.73. The first kappa shape index (κ1) is 27.4. The summed E-state index contributed by atoms with van der Waals surface area (Å²) in [4.78, 5) is 31.8. The molecule has 3 aromatic rings. The minimum Gasteiger partial charge on any atom is -0.325 e. The normalized spacial score (nSPS) is 15.4. The molecule has 1 N–H and O–H groups in total. The largest absolute Gasteiger partial charge is 0.325 e. The Morgan fingerprint density at radius 2 is 1.61 bits per heavy atom. The topological polar surface area (TPSA) is 55.9 Å². The first-order chi connectivity index (χ1) is 18.3. The molecule has 0 aromatic heterocycles. The predicted octanol–water partition coefficient (Wildman–Crippen LogP) is 4.97. The van der Waals surface area contributed by atoms with Gasteiger partial charge in [0.15, 0.2) is 0 Å². The fourth-order valence-corrected chi connectivity index (χ4v) is 4.80. The van der Waals surface area contributed by atoms with Crippen LogP contribution in [0.25, 0.3) is 0 Å². The minimum absolute atomic E-state index is 0.0346. The number of hydrogen-bond donors (Lipinski definition) is 1. The maximum atomic E-state index is 14.0. The Bertz CT molecular complexity index is 1270. The molecular formula is C30H34F2N4O2. The van der Waals surface area contributed by atoms with Crippen LogP contribution in [0.4, 0.5) is 20.2 Å². The van der Waals surface area contributed by atoms with Gasteiger partial charge in [-0.3, -0.25) is 19.4 Å². The highest BCUT2D eigenvalue weighted by atomic mass is 19.1. The number of hydrogen-bond acceptors (Lipinski definition) is 4. The van der Waals surface area contributed by atoms with Gasteiger partial charge in [-0.1, -0.05) is 36.4 Å². The molecule has 1 aliphatic heterocycles. The lowest BCUT2D eigenvalue weighted by Gasteiger charge is -2.27. The van der Waals surface area contributed by atoms with E-state index in [1.165, 1.54) is 18.2 Å². The lowest BCUT2D eigenvalue weighted by Crippen LogP contribution is -2.39. The Balaban J connectivity index is 1.57. The Kier molecular flexibility index (Phi) is 9.20. The molecule has 6 nitrogen and oxygen atoms in total. The summed E-state index contributed by atoms with van der Waals surface area (Å²) >= 11 is 0. The summed E-state index contributed by atoms with van der Waals surface area (Å²) in [5.74, 6) is -0.910. The number of carbonyl (C=O) groups is 2. The standard InChI is InChI=1S/C30H34F2N4O2/c1-22-27(32)8-5-9-28(22)33-30(38)21-35-18-17-34(19-24-11-13-26(31)14-12-24)15-6-16-36(23(2)37)29-10-4-3-7-25(29)20-35/h3-5,7-14H,6,15-21H2,1-2H3,(H,33,38). The van der Waals surface area contributed by atoms with E-state index >= 15 is 0 Å². The van der Waals surface area contributed by atoms with Gasteiger partial charge in [0.25, 0.3) is 0 Å². The van der Waals surface area contributed by atoms with Crippen molar-refractivity contribution in [2.24, 2.45) is 0 Å². The van der Waals surface area contributed by atoms with Crippen molar-refractivity contribution in [3.8, 4) is 0 Å². The smallest absolute Gasteiger partial charge is 0.238 e. The van der Waals surface area contributed by atoms with Crippen molar-refractivity contribution in [3.63, 3.8) is 0 Å². The zero-order valence-electron chi connectivity index (χ0n) is 21.9. The highest BCUT2D eigenvalue weighted by Crippen LogP contribution is 2.24. The molecule has 4 rings (SSSR count). The molecular weight excluding hydrogens is 486 g/mol. The third kappa shape index (κ3) is 7.24. The molecule has 0 fully saturated rings. The van der Waals surface area contributed by atoms with Crippen LogP contribution in [0.3, 0.4) is 0 Å². The van der Waals surface area contributed by atoms with E-state index in [1.807, 2.05) is 29.2 Å². The van der Waals surface area contributed by atoms with Crippen molar-refractivity contribution in [1.29, 1.82) is 0 Å². The molecule has 0 radical (unpaired) electrons. The molecule has 0 saturated carbocycles. The lowest BCUT2D eigenvalue weighted by molar-refractivity contribution is -0.118. The van der Waals surface area contributed by atoms with Crippen molar-refractivity contribution in [2.75, 3.05) is 42.9 Å². The zero-order valence-corrected chi connectivity index (χ0v) is 21.9. The first-order valence-corrected chi connectivity index (χ1v) is 12.9. The molecule has 3 aromatic carbocycles. The number of benzene rings is 3. The van der Waals surface area contributed by atoms with Crippen molar-refractivity contribution < 1.29 is 18.4 Å². The van der Waals surface area contributed by atoms with Gasteiger partial charge in [-0.2, -0.15) is 0 Å². The van der Waals surface area contributed by atoms with Gasteiger partial charge in [-0.15, -0.1) is 0 Å². The maximum absolute atomic E-state index is 14.0. The van der Waals surface area contributed by atoms with E-state index < -0.39 is 0 Å². The van der Waals surface area contributed by atoms with Gasteiger partial charge in [0.1, 0.15) is 11.6 Å². The molecule has 0 unspecified atom stereocenters. The Morgan fingerprint density at radius 1 is 0.868 bits per heavy atom. The summed E-state index contributed by atoms with van der Waals surface area (Å²) in [6, 6.07) is 18.9. The highest BCUT2D eigenvalue weighted by Gasteiger charge is 2.21. The van der Waals surface area contributed by atoms with Crippen molar-refractivity contribution >= 4 is 23.2 Å². The molecule has 1 heterocycles. The fraction of sp³-hybridized carbons (Fsp3) is 0.333. The first-order valence-electron chi connectivity index (χ1n) is 12.9. The van der Waals surface area contributed by atoms with E-state index in [4.69, 9.17) is 0 Å². The van der Waals surface area contributed by atoms with Gasteiger partial charge in [-0.25, -0.2) is 8.78 Å². The number of amides is 2. The van der Waals surface area contributed by atoms with Gasteiger partial charge in [0.05, 0.1) is 6.54 Å². The number of para-hydroxylation sites is 1. The van der Waals surface area contributed by atoms with Crippen LogP contribution < -0.4 is 10.2 Å². The molecule has 0 saturated heterocycles. The molecule has 1 aliphatic rings. The van der Waals surface area contributed by atoms with Gasteiger partial charge in [0.2, 0.25) is 11.8 Å². The zero-order chi connectivity index (χ0) is 27.1. The number of carbonyl (C=O) groups excluding carboxylic acids is 2. The summed E-state index contributed by atoms with van der Waals surface area (Å²) in [5.41, 5.74) is 3.65. The second kappa shape index (κ2) is 12.8. The Labute approximate surface area is 222 Å². The van der Waals surface area contributed by atoms with Crippen LogP contribution >= 0.6 is 0 Å². The molecule has 0 aliphatic carbocycles. The van der Waals surface area contributed by atoms with Gasteiger partial charge >= 0.3 is 0 Å². The molecule has 38 heavy (non-hydrogen) atoms. The van der Waals surface area contributed by atoms with E-state index in [-0.39, 0.29) is 30.0 Å². The molecule has 0 spiro atoms. The number of rotatable bonds is 5. The number of fused-ring (bicyclic) bond motifs is 1. The van der Waals surface area contributed by atoms with Crippen molar-refractivity contribution in [2.45, 2.75) is 33.4 Å². The molecule has 200 valence electrons. The number of halogens is 2. The molecule has 2 amide bonds. The summed E-state index contributed by atoms with van der Waals surface area (Å²) in [6.07, 6.45) is 0.772. The quantitative estimate of drug-likeness (QED) is 0.516. The lowest BCUT2D eigenvalue weighted by atomic mass is 10.1. The summed E-state index contributed by atoms with van der Waals surface area (Å²) < 4.78 is 27.4. The molecule has 0 atom stereocenters. The summed E-state index contributed by atoms with van der Waals surface area (Å²) in [5, 5.41) is 2.85. The van der Waals surface area contributed by atoms with Gasteiger partial charge < -0.3 is 10.2 Å². The van der Waals surface area contributed by atoms with Crippen LogP contribution in [0.1, 0.15) is 30.0 Å². The average molecular weight is 521 g/mol. The average Bonchev–Trinajstić information content (AvgIpc) is 2.92. The van der Waals surface area contributed by atoms with Crippen LogP contribution in [-0.2, 0) is 22.7 Å². The van der Waals surface area contributed by atoms with Crippen LogP contribution in [0.2, 0.25) is 0 Å². The van der Waals surface area contributed by atoms with Gasteiger partial charge in [0, 0.05) is 63.1 Å².